The van der Waals surface area contributed by atoms with Gasteiger partial charge in [0.1, 0.15) is 0 Å². The predicted molar refractivity (Wildman–Crippen MR) is 89.8 cm³/mol. The van der Waals surface area contributed by atoms with E-state index in [1.807, 2.05) is 6.92 Å². The third kappa shape index (κ3) is 4.35. The van der Waals surface area contributed by atoms with Gasteiger partial charge in [-0.3, -0.25) is 9.59 Å². The molecule has 7 heteroatoms. The van der Waals surface area contributed by atoms with Gasteiger partial charge in [-0.25, -0.2) is 4.98 Å². The number of carbonyl (C=O) groups excluding carboxylic acids is 1. The molecule has 0 aliphatic rings. The van der Waals surface area contributed by atoms with E-state index < -0.39 is 0 Å². The van der Waals surface area contributed by atoms with Gasteiger partial charge in [0.2, 0.25) is 5.91 Å². The zero-order chi connectivity index (χ0) is 16.1. The first kappa shape index (κ1) is 16.6. The number of hydrogen-bond acceptors (Lipinski definition) is 4. The Labute approximate surface area is 137 Å². The fraction of sp³-hybridized carbons (Fsp3) is 0.267. The van der Waals surface area contributed by atoms with E-state index in [0.717, 1.165) is 5.69 Å². The number of nitrogens with zero attached hydrogens (tertiary/aromatic N) is 1. The van der Waals surface area contributed by atoms with Crippen LogP contribution in [-0.4, -0.2) is 21.6 Å². The Morgan fingerprint density at radius 3 is 2.68 bits per heavy atom. The SMILES string of the molecule is CCc1nc(SCC(=O)Nc2ccc(Cl)cc2)[nH]c(=O)c1C. The highest BCUT2D eigenvalue weighted by Crippen LogP contribution is 2.16. The van der Waals surface area contributed by atoms with Crippen LogP contribution in [0.15, 0.2) is 34.2 Å². The van der Waals surface area contributed by atoms with Gasteiger partial charge in [0.15, 0.2) is 5.16 Å². The molecule has 0 radical (unpaired) electrons. The minimum absolute atomic E-state index is 0.160. The highest BCUT2D eigenvalue weighted by molar-refractivity contribution is 7.99. The molecule has 0 bridgehead atoms. The molecule has 0 saturated heterocycles. The van der Waals surface area contributed by atoms with Crippen LogP contribution in [0.25, 0.3) is 0 Å². The van der Waals surface area contributed by atoms with Crippen molar-refractivity contribution in [2.24, 2.45) is 0 Å². The fourth-order valence-corrected chi connectivity index (χ4v) is 2.64. The van der Waals surface area contributed by atoms with Crippen LogP contribution in [0, 0.1) is 6.92 Å². The molecule has 0 fully saturated rings. The number of H-pyrrole nitrogens is 1. The van der Waals surface area contributed by atoms with Crippen LogP contribution >= 0.6 is 23.4 Å². The predicted octanol–water partition coefficient (Wildman–Crippen LogP) is 3.02. The molecule has 1 aromatic carbocycles. The normalized spacial score (nSPS) is 10.5. The maximum Gasteiger partial charge on any atom is 0.254 e. The standard InChI is InChI=1S/C15H16ClN3O2S/c1-3-12-9(2)14(21)19-15(18-12)22-8-13(20)17-11-6-4-10(16)5-7-11/h4-7H,3,8H2,1-2H3,(H,17,20)(H,18,19,21). The van der Waals surface area contributed by atoms with E-state index in [0.29, 0.717) is 27.9 Å². The summed E-state index contributed by atoms with van der Waals surface area (Å²) < 4.78 is 0. The second-order valence-electron chi connectivity index (χ2n) is 4.64. The summed E-state index contributed by atoms with van der Waals surface area (Å²) in [6, 6.07) is 6.87. The Hall–Kier alpha value is -1.79. The van der Waals surface area contributed by atoms with Gasteiger partial charge in [-0.15, -0.1) is 0 Å². The molecule has 0 atom stereocenters. The molecule has 2 N–H and O–H groups in total. The van der Waals surface area contributed by atoms with Gasteiger partial charge >= 0.3 is 0 Å². The van der Waals surface area contributed by atoms with Gasteiger partial charge in [0, 0.05) is 16.3 Å². The Bertz CT molecular complexity index is 729. The van der Waals surface area contributed by atoms with E-state index in [1.165, 1.54) is 11.8 Å². The van der Waals surface area contributed by atoms with Crippen molar-refractivity contribution in [2.75, 3.05) is 11.1 Å². The second-order valence-corrected chi connectivity index (χ2v) is 6.04. The molecular formula is C15H16ClN3O2S. The number of rotatable bonds is 5. The molecule has 0 spiro atoms. The molecule has 1 amide bonds. The smallest absolute Gasteiger partial charge is 0.254 e. The van der Waals surface area contributed by atoms with Gasteiger partial charge in [-0.05, 0) is 37.6 Å². The van der Waals surface area contributed by atoms with Crippen molar-refractivity contribution < 1.29 is 4.79 Å². The summed E-state index contributed by atoms with van der Waals surface area (Å²) in [7, 11) is 0. The highest BCUT2D eigenvalue weighted by atomic mass is 35.5. The lowest BCUT2D eigenvalue weighted by Gasteiger charge is -2.07. The largest absolute Gasteiger partial charge is 0.325 e. The number of carbonyl (C=O) groups is 1. The van der Waals surface area contributed by atoms with Crippen LogP contribution in [0.4, 0.5) is 5.69 Å². The van der Waals surface area contributed by atoms with Crippen molar-refractivity contribution in [3.05, 3.63) is 50.9 Å². The van der Waals surface area contributed by atoms with Crippen LogP contribution in [0.3, 0.4) is 0 Å². The number of halogens is 1. The molecule has 2 aromatic rings. The summed E-state index contributed by atoms with van der Waals surface area (Å²) in [5, 5.41) is 3.82. The molecular weight excluding hydrogens is 322 g/mol. The van der Waals surface area contributed by atoms with Gasteiger partial charge in [-0.2, -0.15) is 0 Å². The van der Waals surface area contributed by atoms with Crippen molar-refractivity contribution in [1.82, 2.24) is 9.97 Å². The topological polar surface area (TPSA) is 74.8 Å². The summed E-state index contributed by atoms with van der Waals surface area (Å²) in [5.41, 5.74) is 1.89. The first-order chi connectivity index (χ1) is 10.5. The lowest BCUT2D eigenvalue weighted by Crippen LogP contribution is -2.18. The molecule has 1 heterocycles. The Morgan fingerprint density at radius 2 is 2.05 bits per heavy atom. The monoisotopic (exact) mass is 337 g/mol. The molecule has 0 unspecified atom stereocenters. The van der Waals surface area contributed by atoms with Gasteiger partial charge < -0.3 is 10.3 Å². The van der Waals surface area contributed by atoms with Crippen LogP contribution in [0.5, 0.6) is 0 Å². The molecule has 22 heavy (non-hydrogen) atoms. The average Bonchev–Trinajstić information content (AvgIpc) is 2.50. The Morgan fingerprint density at radius 1 is 1.36 bits per heavy atom. The quantitative estimate of drug-likeness (QED) is 0.649. The van der Waals surface area contributed by atoms with Gasteiger partial charge in [0.25, 0.3) is 5.56 Å². The average molecular weight is 338 g/mol. The maximum absolute atomic E-state index is 11.9. The molecule has 116 valence electrons. The minimum Gasteiger partial charge on any atom is -0.325 e. The zero-order valence-electron chi connectivity index (χ0n) is 12.3. The van der Waals surface area contributed by atoms with Crippen LogP contribution in [-0.2, 0) is 11.2 Å². The van der Waals surface area contributed by atoms with Crippen LogP contribution in [0.1, 0.15) is 18.2 Å². The van der Waals surface area contributed by atoms with Gasteiger partial charge in [0.05, 0.1) is 11.4 Å². The number of benzene rings is 1. The summed E-state index contributed by atoms with van der Waals surface area (Å²) in [6.07, 6.45) is 0.681. The molecule has 5 nitrogen and oxygen atoms in total. The number of aryl methyl sites for hydroxylation is 1. The summed E-state index contributed by atoms with van der Waals surface area (Å²) in [6.45, 7) is 3.68. The van der Waals surface area contributed by atoms with Crippen molar-refractivity contribution in [2.45, 2.75) is 25.4 Å². The molecule has 1 aromatic heterocycles. The number of nitrogens with one attached hydrogen (secondary N) is 2. The number of aromatic amines is 1. The van der Waals surface area contributed by atoms with E-state index in [1.54, 1.807) is 31.2 Å². The molecule has 0 aliphatic heterocycles. The molecule has 0 saturated carbocycles. The summed E-state index contributed by atoms with van der Waals surface area (Å²) in [5.74, 6) is -0.00813. The lowest BCUT2D eigenvalue weighted by molar-refractivity contribution is -0.113. The number of hydrogen-bond donors (Lipinski definition) is 2. The fourth-order valence-electron chi connectivity index (χ4n) is 1.83. The second kappa shape index (κ2) is 7.47. The highest BCUT2D eigenvalue weighted by Gasteiger charge is 2.09. The zero-order valence-corrected chi connectivity index (χ0v) is 13.8. The number of thioether (sulfide) groups is 1. The maximum atomic E-state index is 11.9. The van der Waals surface area contributed by atoms with E-state index in [9.17, 15) is 9.59 Å². The van der Waals surface area contributed by atoms with E-state index in [-0.39, 0.29) is 17.2 Å². The lowest BCUT2D eigenvalue weighted by atomic mass is 10.2. The first-order valence-corrected chi connectivity index (χ1v) is 8.14. The van der Waals surface area contributed by atoms with E-state index in [4.69, 9.17) is 11.6 Å². The Balaban J connectivity index is 1.98. The van der Waals surface area contributed by atoms with Crippen molar-refractivity contribution in [3.8, 4) is 0 Å². The number of anilines is 1. The first-order valence-electron chi connectivity index (χ1n) is 6.77. The molecule has 2 rings (SSSR count). The minimum atomic E-state index is -0.173. The van der Waals surface area contributed by atoms with Crippen molar-refractivity contribution in [1.29, 1.82) is 0 Å². The van der Waals surface area contributed by atoms with Crippen molar-refractivity contribution in [3.63, 3.8) is 0 Å². The van der Waals surface area contributed by atoms with Crippen LogP contribution in [0.2, 0.25) is 5.02 Å². The van der Waals surface area contributed by atoms with E-state index >= 15 is 0 Å². The van der Waals surface area contributed by atoms with Gasteiger partial charge in [-0.1, -0.05) is 30.3 Å². The van der Waals surface area contributed by atoms with Crippen LogP contribution < -0.4 is 10.9 Å². The third-order valence-corrected chi connectivity index (χ3v) is 4.16. The Kier molecular flexibility index (Phi) is 5.63. The number of aromatic nitrogens is 2. The summed E-state index contributed by atoms with van der Waals surface area (Å²) >= 11 is 6.99. The summed E-state index contributed by atoms with van der Waals surface area (Å²) in [4.78, 5) is 30.7. The number of amides is 1. The molecule has 0 aliphatic carbocycles. The van der Waals surface area contributed by atoms with Crippen molar-refractivity contribution >= 4 is 35.0 Å². The van der Waals surface area contributed by atoms with E-state index in [2.05, 4.69) is 15.3 Å². The third-order valence-electron chi connectivity index (χ3n) is 3.03.